The monoisotopic (exact) mass is 1100 g/mol. The molecule has 7 N–H and O–H groups in total. The van der Waals surface area contributed by atoms with E-state index in [2.05, 4.69) is 92.6 Å². The Bertz CT molecular complexity index is 2500. The lowest BCUT2D eigenvalue weighted by Crippen LogP contribution is -1.91. The Balaban J connectivity index is 0.000000367. The third kappa shape index (κ3) is 28.8. The van der Waals surface area contributed by atoms with Crippen LogP contribution in [0.5, 0.6) is 0 Å². The summed E-state index contributed by atoms with van der Waals surface area (Å²) in [6.45, 7) is 17.0. The standard InChI is InChI=1S/C11H19NS2.C7H11NS2.C6H9NS2.2C5H7NS2.C4H5NS2.C3H3NS2/c1-3-5-7-9-10(8-6-4-2)14-11(13)12-9;1-2-3-4-6-5-10-7(9)8-6;1-2-3-5-4-9-6(8)7-5;1-3-4(2)8-5(7)6-3;1-2-4-3-8-5(7)6-4;1-3-2-7-4(6)5-3;5-3-4-1-2-6-3/h3-8H2,1-2H3,(H,12,13);5H,2-4H2,1H3,(H,8,9);4H,2-3H2,1H3,(H,7,8);1-2H3,(H,6,7);3H,2H2,1H3,(H,6,7);2H,1H3,(H,5,6);1-2H,(H,4,5). The highest BCUT2D eigenvalue weighted by Gasteiger charge is 2.05. The maximum atomic E-state index is 5.18. The van der Waals surface area contributed by atoms with Gasteiger partial charge in [-0.3, -0.25) is 0 Å². The number of thiazole rings is 7. The SMILES string of the molecule is CCCCc1[nH]c(=S)sc1CCCC.CCCCc1csc(=S)[nH]1.CCCc1csc(=S)[nH]1.CCc1csc(=S)[nH]1.Cc1[nH]c(=S)sc1C.Cc1csc(=S)[nH]1.S=c1[nH]ccs1. The van der Waals surface area contributed by atoms with Gasteiger partial charge >= 0.3 is 0 Å². The fraction of sp³-hybridized carbons (Fsp3) is 0.488. The maximum Gasteiger partial charge on any atom is 0.158 e. The van der Waals surface area contributed by atoms with Gasteiger partial charge in [0.15, 0.2) is 27.7 Å². The Hall–Kier alpha value is -1.05. The summed E-state index contributed by atoms with van der Waals surface area (Å²) >= 11 is 45.6. The van der Waals surface area contributed by atoms with E-state index in [9.17, 15) is 0 Å². The predicted octanol–water partition coefficient (Wildman–Crippen LogP) is 19.1. The van der Waals surface area contributed by atoms with Gasteiger partial charge in [0, 0.05) is 77.0 Å². The van der Waals surface area contributed by atoms with Gasteiger partial charge in [-0.05, 0) is 158 Å². The molecule has 7 nitrogen and oxygen atoms in total. The van der Waals surface area contributed by atoms with E-state index in [4.69, 9.17) is 85.5 Å². The second kappa shape index (κ2) is 36.1. The van der Waals surface area contributed by atoms with Gasteiger partial charge in [0.1, 0.15) is 0 Å². The second-order valence-corrected chi connectivity index (χ2v) is 24.7. The lowest BCUT2D eigenvalue weighted by molar-refractivity contribution is 0.753. The number of H-pyrrole nitrogens is 7. The minimum absolute atomic E-state index is 0.843. The Kier molecular flexibility index (Phi) is 34.3. The van der Waals surface area contributed by atoms with Gasteiger partial charge in [-0.2, -0.15) is 0 Å². The molecule has 7 aromatic heterocycles. The lowest BCUT2D eigenvalue weighted by atomic mass is 10.1. The van der Waals surface area contributed by atoms with Crippen LogP contribution in [0.4, 0.5) is 0 Å². The molecular formula is C41H61N7S14. The van der Waals surface area contributed by atoms with E-state index in [-0.39, 0.29) is 0 Å². The second-order valence-electron chi connectivity index (χ2n) is 13.2. The number of aromatic nitrogens is 7. The van der Waals surface area contributed by atoms with Gasteiger partial charge in [0.2, 0.25) is 0 Å². The number of nitrogens with one attached hydrogen (secondary N) is 7. The topological polar surface area (TPSA) is 111 Å². The van der Waals surface area contributed by atoms with Crippen molar-refractivity contribution in [1.29, 1.82) is 0 Å². The average molecular weight is 1100 g/mol. The van der Waals surface area contributed by atoms with Crippen molar-refractivity contribution >= 4 is 165 Å². The van der Waals surface area contributed by atoms with Gasteiger partial charge in [0.05, 0.1) is 0 Å². The zero-order valence-electron chi connectivity index (χ0n) is 36.7. The molecule has 0 aliphatic rings. The average Bonchev–Trinajstić information content (AvgIpc) is 4.13. The quantitative estimate of drug-likeness (QED) is 0.0611. The van der Waals surface area contributed by atoms with E-state index in [1.54, 1.807) is 68.0 Å². The van der Waals surface area contributed by atoms with Gasteiger partial charge in [0.25, 0.3) is 0 Å². The molecule has 0 spiro atoms. The first-order valence-corrected chi connectivity index (χ1v) is 29.2. The lowest BCUT2D eigenvalue weighted by Gasteiger charge is -2.00. The minimum Gasteiger partial charge on any atom is -0.344 e. The van der Waals surface area contributed by atoms with Crippen LogP contribution >= 0.6 is 165 Å². The van der Waals surface area contributed by atoms with Crippen LogP contribution in [0.1, 0.15) is 123 Å². The van der Waals surface area contributed by atoms with Crippen molar-refractivity contribution in [2.75, 3.05) is 0 Å². The molecule has 344 valence electrons. The summed E-state index contributed by atoms with van der Waals surface area (Å²) in [6, 6.07) is 0. The van der Waals surface area contributed by atoms with E-state index < -0.39 is 0 Å². The molecule has 0 radical (unpaired) electrons. The van der Waals surface area contributed by atoms with Crippen LogP contribution in [0.3, 0.4) is 0 Å². The molecule has 0 saturated carbocycles. The fourth-order valence-corrected chi connectivity index (χ4v) is 11.3. The van der Waals surface area contributed by atoms with E-state index in [0.717, 1.165) is 52.6 Å². The molecule has 0 bridgehead atoms. The predicted molar refractivity (Wildman–Crippen MR) is 300 cm³/mol. The molecule has 0 saturated heterocycles. The highest BCUT2D eigenvalue weighted by Crippen LogP contribution is 2.20. The van der Waals surface area contributed by atoms with Crippen molar-refractivity contribution in [3.05, 3.63) is 105 Å². The van der Waals surface area contributed by atoms with Crippen LogP contribution in [0, 0.1) is 48.5 Å². The number of aromatic amines is 7. The van der Waals surface area contributed by atoms with Gasteiger partial charge in [-0.1, -0.05) is 60.3 Å². The zero-order chi connectivity index (χ0) is 46.3. The van der Waals surface area contributed by atoms with Gasteiger partial charge < -0.3 is 34.9 Å². The molecule has 7 rings (SSSR count). The molecule has 0 aliphatic carbocycles. The highest BCUT2D eigenvalue weighted by atomic mass is 32.2. The summed E-state index contributed by atoms with van der Waals surface area (Å²) in [5.41, 5.74) is 7.54. The van der Waals surface area contributed by atoms with Crippen molar-refractivity contribution in [1.82, 2.24) is 34.9 Å². The molecule has 0 fully saturated rings. The third-order valence-corrected chi connectivity index (χ3v) is 16.0. The number of hydrogen-bond acceptors (Lipinski definition) is 14. The molecule has 0 unspecified atom stereocenters. The molecule has 0 aliphatic heterocycles. The molecule has 0 atom stereocenters. The van der Waals surface area contributed by atoms with Crippen molar-refractivity contribution in [2.24, 2.45) is 0 Å². The van der Waals surface area contributed by atoms with Crippen molar-refractivity contribution in [2.45, 2.75) is 132 Å². The summed E-state index contributed by atoms with van der Waals surface area (Å²) in [7, 11) is 0. The summed E-state index contributed by atoms with van der Waals surface area (Å²) in [5.74, 6) is 0. The zero-order valence-corrected chi connectivity index (χ0v) is 48.1. The molecule has 0 aromatic carbocycles. The number of rotatable bonds is 12. The van der Waals surface area contributed by atoms with Crippen molar-refractivity contribution in [3.8, 4) is 0 Å². The first-order chi connectivity index (χ1) is 29.6. The van der Waals surface area contributed by atoms with E-state index in [1.165, 1.54) is 107 Å². The Morgan fingerprint density at radius 1 is 0.452 bits per heavy atom. The summed E-state index contributed by atoms with van der Waals surface area (Å²) in [4.78, 5) is 24.3. The van der Waals surface area contributed by atoms with Crippen LogP contribution in [-0.4, -0.2) is 34.9 Å². The molecule has 7 heterocycles. The summed E-state index contributed by atoms with van der Waals surface area (Å²) in [5, 5.41) is 10.2. The van der Waals surface area contributed by atoms with Gasteiger partial charge in [-0.25, -0.2) is 0 Å². The van der Waals surface area contributed by atoms with E-state index in [0.29, 0.717) is 0 Å². The highest BCUT2D eigenvalue weighted by molar-refractivity contribution is 7.74. The molecule has 7 aromatic rings. The van der Waals surface area contributed by atoms with Gasteiger partial charge in [-0.15, -0.1) is 79.4 Å². The number of aryl methyl sites for hydroxylation is 8. The Labute approximate surface area is 432 Å². The van der Waals surface area contributed by atoms with Crippen molar-refractivity contribution in [3.63, 3.8) is 0 Å². The first kappa shape index (κ1) is 59.0. The van der Waals surface area contributed by atoms with Crippen LogP contribution in [-0.2, 0) is 32.1 Å². The first-order valence-electron chi connectivity index (χ1n) is 20.3. The largest absolute Gasteiger partial charge is 0.344 e. The van der Waals surface area contributed by atoms with Crippen LogP contribution in [0.2, 0.25) is 0 Å². The van der Waals surface area contributed by atoms with E-state index in [1.807, 2.05) is 30.8 Å². The molecule has 0 amide bonds. The maximum absolute atomic E-state index is 5.18. The molecule has 21 heteroatoms. The number of unbranched alkanes of at least 4 members (excludes halogenated alkanes) is 3. The van der Waals surface area contributed by atoms with Crippen LogP contribution in [0.25, 0.3) is 0 Å². The van der Waals surface area contributed by atoms with E-state index >= 15 is 0 Å². The molecular weight excluding hydrogens is 1040 g/mol. The van der Waals surface area contributed by atoms with Crippen LogP contribution in [0.15, 0.2) is 33.1 Å². The Morgan fingerprint density at radius 2 is 0.952 bits per heavy atom. The smallest absolute Gasteiger partial charge is 0.158 e. The fourth-order valence-electron chi connectivity index (χ4n) is 4.56. The normalized spacial score (nSPS) is 9.87. The summed E-state index contributed by atoms with van der Waals surface area (Å²) in [6.07, 6.45) is 16.2. The third-order valence-electron chi connectivity index (χ3n) is 7.91. The number of hydrogen-bond donors (Lipinski definition) is 7. The minimum atomic E-state index is 0.843. The Morgan fingerprint density at radius 3 is 1.27 bits per heavy atom. The molecule has 62 heavy (non-hydrogen) atoms. The van der Waals surface area contributed by atoms with Crippen molar-refractivity contribution < 1.29 is 0 Å². The van der Waals surface area contributed by atoms with Crippen LogP contribution < -0.4 is 0 Å². The summed E-state index contributed by atoms with van der Waals surface area (Å²) < 4.78 is 6.18.